The molecular formula is C11H14BrFO2. The lowest BCUT2D eigenvalue weighted by Gasteiger charge is -2.02. The van der Waals surface area contributed by atoms with Gasteiger partial charge >= 0.3 is 0 Å². The number of Topliss-reactive ketones (excluding diaryl/α,β-unsaturated/α-hetero) is 1. The van der Waals surface area contributed by atoms with Crippen molar-refractivity contribution < 1.29 is 13.9 Å². The molecule has 0 bridgehead atoms. The number of hydrogen-bond donors (Lipinski definition) is 0. The van der Waals surface area contributed by atoms with Crippen LogP contribution >= 0.6 is 15.9 Å². The highest BCUT2D eigenvalue weighted by Crippen LogP contribution is 2.18. The van der Waals surface area contributed by atoms with Crippen molar-refractivity contribution in [2.24, 2.45) is 0 Å². The van der Waals surface area contributed by atoms with Crippen molar-refractivity contribution in [1.82, 2.24) is 0 Å². The van der Waals surface area contributed by atoms with Gasteiger partial charge in [-0.25, -0.2) is 4.39 Å². The zero-order chi connectivity index (χ0) is 11.8. The van der Waals surface area contributed by atoms with Gasteiger partial charge in [0.15, 0.2) is 17.3 Å². The number of hydrogen-bond acceptors (Lipinski definition) is 2. The van der Waals surface area contributed by atoms with Gasteiger partial charge in [-0.05, 0) is 18.2 Å². The first-order chi connectivity index (χ1) is 7.19. The van der Waals surface area contributed by atoms with Crippen LogP contribution in [0.2, 0.25) is 0 Å². The maximum Gasteiger partial charge on any atom is 0.173 e. The van der Waals surface area contributed by atoms with Gasteiger partial charge in [-0.3, -0.25) is 4.79 Å². The van der Waals surface area contributed by atoms with E-state index in [4.69, 9.17) is 4.74 Å². The van der Waals surface area contributed by atoms with Crippen LogP contribution in [0.3, 0.4) is 0 Å². The number of benzene rings is 1. The number of rotatable bonds is 3. The quantitative estimate of drug-likeness (QED) is 0.625. The third kappa shape index (κ3) is 4.00. The molecule has 1 rings (SSSR count). The van der Waals surface area contributed by atoms with E-state index in [-0.39, 0.29) is 16.9 Å². The molecule has 0 saturated carbocycles. The minimum Gasteiger partial charge on any atom is -0.494 e. The number of methoxy groups -OCH3 is 1. The van der Waals surface area contributed by atoms with Gasteiger partial charge in [-0.15, -0.1) is 0 Å². The second-order valence-electron chi connectivity index (χ2n) is 2.41. The van der Waals surface area contributed by atoms with E-state index < -0.39 is 5.82 Å². The van der Waals surface area contributed by atoms with Gasteiger partial charge in [0.2, 0.25) is 0 Å². The van der Waals surface area contributed by atoms with Crippen LogP contribution in [0.25, 0.3) is 0 Å². The first-order valence-electron chi connectivity index (χ1n) is 4.61. The summed E-state index contributed by atoms with van der Waals surface area (Å²) in [6.07, 6.45) is 0. The molecule has 0 aliphatic heterocycles. The standard InChI is InChI=1S/C9H8BrFO2.C2H6/c1-13-9-3-2-6(4-7(9)11)8(12)5-10;1-2/h2-4H,5H2,1H3;1-2H3. The summed E-state index contributed by atoms with van der Waals surface area (Å²) < 4.78 is 17.8. The van der Waals surface area contributed by atoms with Crippen LogP contribution in [0.1, 0.15) is 24.2 Å². The molecule has 0 saturated heterocycles. The van der Waals surface area contributed by atoms with Crippen LogP contribution < -0.4 is 4.74 Å². The number of ether oxygens (including phenoxy) is 1. The SMILES string of the molecule is CC.COc1ccc(C(=O)CBr)cc1F. The molecule has 0 atom stereocenters. The average Bonchev–Trinajstić information content (AvgIpc) is 2.30. The summed E-state index contributed by atoms with van der Waals surface area (Å²) in [5, 5.41) is 0.193. The molecule has 0 spiro atoms. The lowest BCUT2D eigenvalue weighted by atomic mass is 10.1. The van der Waals surface area contributed by atoms with Gasteiger partial charge in [0.1, 0.15) is 0 Å². The monoisotopic (exact) mass is 276 g/mol. The van der Waals surface area contributed by atoms with Crippen LogP contribution in [0.4, 0.5) is 4.39 Å². The number of carbonyl (C=O) groups excluding carboxylic acids is 1. The predicted molar refractivity (Wildman–Crippen MR) is 62.4 cm³/mol. The Labute approximate surface area is 97.6 Å². The largest absolute Gasteiger partial charge is 0.494 e. The van der Waals surface area contributed by atoms with Gasteiger partial charge in [0.25, 0.3) is 0 Å². The summed E-state index contributed by atoms with van der Waals surface area (Å²) in [6.45, 7) is 4.00. The zero-order valence-electron chi connectivity index (χ0n) is 9.01. The Morgan fingerprint density at radius 2 is 2.07 bits per heavy atom. The van der Waals surface area contributed by atoms with E-state index in [1.807, 2.05) is 13.8 Å². The summed E-state index contributed by atoms with van der Waals surface area (Å²) in [4.78, 5) is 11.1. The van der Waals surface area contributed by atoms with Crippen LogP contribution in [0.5, 0.6) is 5.75 Å². The normalized spacial score (nSPS) is 8.87. The molecule has 84 valence electrons. The molecule has 0 amide bonds. The molecule has 0 fully saturated rings. The second-order valence-corrected chi connectivity index (χ2v) is 2.97. The molecule has 1 aromatic rings. The molecule has 0 radical (unpaired) electrons. The predicted octanol–water partition coefficient (Wildman–Crippen LogP) is 3.44. The van der Waals surface area contributed by atoms with E-state index in [1.54, 1.807) is 0 Å². The lowest BCUT2D eigenvalue weighted by molar-refractivity contribution is 0.102. The molecule has 0 unspecified atom stereocenters. The molecule has 0 aliphatic rings. The molecular weight excluding hydrogens is 263 g/mol. The number of ketones is 1. The minimum atomic E-state index is -0.519. The molecule has 0 heterocycles. The van der Waals surface area contributed by atoms with Crippen LogP contribution in [0.15, 0.2) is 18.2 Å². The first kappa shape index (κ1) is 14.1. The summed E-state index contributed by atoms with van der Waals surface area (Å²) in [5.41, 5.74) is 0.343. The van der Waals surface area contributed by atoms with Crippen molar-refractivity contribution in [3.63, 3.8) is 0 Å². The third-order valence-corrected chi connectivity index (χ3v) is 2.10. The average molecular weight is 277 g/mol. The van der Waals surface area contributed by atoms with E-state index in [9.17, 15) is 9.18 Å². The first-order valence-corrected chi connectivity index (χ1v) is 5.74. The Bertz CT molecular complexity index is 326. The highest BCUT2D eigenvalue weighted by Gasteiger charge is 2.08. The second kappa shape index (κ2) is 7.40. The van der Waals surface area contributed by atoms with Gasteiger partial charge in [0.05, 0.1) is 12.4 Å². The smallest absolute Gasteiger partial charge is 0.173 e. The summed E-state index contributed by atoms with van der Waals surface area (Å²) >= 11 is 3.01. The highest BCUT2D eigenvalue weighted by atomic mass is 79.9. The van der Waals surface area contributed by atoms with E-state index in [2.05, 4.69) is 15.9 Å². The minimum absolute atomic E-state index is 0.145. The summed E-state index contributed by atoms with van der Waals surface area (Å²) in [6, 6.07) is 4.14. The zero-order valence-corrected chi connectivity index (χ0v) is 10.6. The summed E-state index contributed by atoms with van der Waals surface area (Å²) in [7, 11) is 1.38. The van der Waals surface area contributed by atoms with Gasteiger partial charge in [0, 0.05) is 5.56 Å². The van der Waals surface area contributed by atoms with E-state index in [0.717, 1.165) is 0 Å². The molecule has 4 heteroatoms. The molecule has 0 aromatic heterocycles. The Kier molecular flexibility index (Phi) is 6.96. The third-order valence-electron chi connectivity index (χ3n) is 1.60. The fourth-order valence-corrected chi connectivity index (χ4v) is 1.24. The van der Waals surface area contributed by atoms with Crippen molar-refractivity contribution >= 4 is 21.7 Å². The topological polar surface area (TPSA) is 26.3 Å². The van der Waals surface area contributed by atoms with E-state index >= 15 is 0 Å². The van der Waals surface area contributed by atoms with Crippen molar-refractivity contribution in [2.75, 3.05) is 12.4 Å². The van der Waals surface area contributed by atoms with Crippen LogP contribution in [-0.4, -0.2) is 18.2 Å². The van der Waals surface area contributed by atoms with Crippen molar-refractivity contribution in [1.29, 1.82) is 0 Å². The number of alkyl halides is 1. The molecule has 1 aromatic carbocycles. The Balaban J connectivity index is 0.000000921. The fraction of sp³-hybridized carbons (Fsp3) is 0.364. The maximum absolute atomic E-state index is 13.1. The molecule has 0 N–H and O–H groups in total. The van der Waals surface area contributed by atoms with Crippen molar-refractivity contribution in [3.05, 3.63) is 29.6 Å². The Morgan fingerprint density at radius 3 is 2.47 bits per heavy atom. The number of halogens is 2. The van der Waals surface area contributed by atoms with Crippen LogP contribution in [-0.2, 0) is 0 Å². The van der Waals surface area contributed by atoms with Crippen LogP contribution in [0, 0.1) is 5.82 Å². The fourth-order valence-electron chi connectivity index (χ4n) is 0.917. The van der Waals surface area contributed by atoms with E-state index in [1.165, 1.54) is 25.3 Å². The van der Waals surface area contributed by atoms with Crippen molar-refractivity contribution in [3.8, 4) is 5.75 Å². The highest BCUT2D eigenvalue weighted by molar-refractivity contribution is 9.09. The Hall–Kier alpha value is -0.900. The summed E-state index contributed by atoms with van der Waals surface area (Å²) in [5.74, 6) is -0.526. The lowest BCUT2D eigenvalue weighted by Crippen LogP contribution is -2.00. The van der Waals surface area contributed by atoms with Gasteiger partial charge in [-0.2, -0.15) is 0 Å². The molecule has 15 heavy (non-hydrogen) atoms. The molecule has 2 nitrogen and oxygen atoms in total. The van der Waals surface area contributed by atoms with Gasteiger partial charge in [-0.1, -0.05) is 29.8 Å². The maximum atomic E-state index is 13.1. The Morgan fingerprint density at radius 1 is 1.47 bits per heavy atom. The van der Waals surface area contributed by atoms with Crippen molar-refractivity contribution in [2.45, 2.75) is 13.8 Å². The number of carbonyl (C=O) groups is 1. The van der Waals surface area contributed by atoms with Gasteiger partial charge < -0.3 is 4.74 Å². The van der Waals surface area contributed by atoms with E-state index in [0.29, 0.717) is 5.56 Å². The molecule has 0 aliphatic carbocycles.